The van der Waals surface area contributed by atoms with Crippen molar-refractivity contribution >= 4 is 11.5 Å². The molecule has 2 aromatic heterocycles. The van der Waals surface area contributed by atoms with E-state index in [1.807, 2.05) is 13.1 Å². The average molecular weight is 264 g/mol. The molecule has 19 heavy (non-hydrogen) atoms. The van der Waals surface area contributed by atoms with Crippen molar-refractivity contribution in [3.8, 4) is 0 Å². The first kappa shape index (κ1) is 13.1. The summed E-state index contributed by atoms with van der Waals surface area (Å²) in [5, 5.41) is 22.2. The molecule has 1 N–H and O–H groups in total. The summed E-state index contributed by atoms with van der Waals surface area (Å²) in [6.07, 6.45) is 2.46. The molecule has 0 saturated carbocycles. The predicted octanol–water partition coefficient (Wildman–Crippen LogP) is 1.02. The summed E-state index contributed by atoms with van der Waals surface area (Å²) < 4.78 is 3.28. The molecule has 0 aromatic carbocycles. The van der Waals surface area contributed by atoms with Crippen LogP contribution in [0.4, 0.5) is 11.5 Å². The van der Waals surface area contributed by atoms with Crippen LogP contribution < -0.4 is 5.32 Å². The zero-order valence-electron chi connectivity index (χ0n) is 11.1. The second-order valence-electron chi connectivity index (χ2n) is 4.29. The average Bonchev–Trinajstić information content (AvgIpc) is 2.84. The van der Waals surface area contributed by atoms with Crippen LogP contribution in [0.5, 0.6) is 0 Å². The number of anilines is 1. The maximum atomic E-state index is 11.0. The van der Waals surface area contributed by atoms with Crippen LogP contribution in [0.3, 0.4) is 0 Å². The Morgan fingerprint density at radius 3 is 2.74 bits per heavy atom. The third-order valence-electron chi connectivity index (χ3n) is 2.97. The highest BCUT2D eigenvalue weighted by Gasteiger charge is 2.23. The van der Waals surface area contributed by atoms with Gasteiger partial charge in [0.05, 0.1) is 4.92 Å². The van der Waals surface area contributed by atoms with E-state index in [-0.39, 0.29) is 5.69 Å². The number of aryl methyl sites for hydroxylation is 3. The van der Waals surface area contributed by atoms with Crippen molar-refractivity contribution < 1.29 is 4.92 Å². The Kier molecular flexibility index (Phi) is 3.50. The summed E-state index contributed by atoms with van der Waals surface area (Å²) in [7, 11) is 3.55. The molecule has 0 amide bonds. The lowest BCUT2D eigenvalue weighted by molar-refractivity contribution is -0.384. The number of nitrogens with zero attached hydrogens (tertiary/aromatic N) is 5. The fourth-order valence-corrected chi connectivity index (χ4v) is 2.02. The summed E-state index contributed by atoms with van der Waals surface area (Å²) >= 11 is 0. The molecule has 0 aliphatic rings. The molecule has 0 aliphatic carbocycles. The molecule has 2 rings (SSSR count). The molecule has 0 bridgehead atoms. The Bertz CT molecular complexity index is 600. The van der Waals surface area contributed by atoms with Gasteiger partial charge in [-0.3, -0.25) is 14.8 Å². The van der Waals surface area contributed by atoms with E-state index in [0.29, 0.717) is 18.1 Å². The molecule has 0 spiro atoms. The monoisotopic (exact) mass is 264 g/mol. The first-order valence-corrected chi connectivity index (χ1v) is 5.89. The minimum Gasteiger partial charge on any atom is -0.364 e. The number of rotatable bonds is 5. The molecule has 0 fully saturated rings. The van der Waals surface area contributed by atoms with Crippen LogP contribution in [0.2, 0.25) is 0 Å². The Balaban J connectivity index is 2.08. The molecule has 2 heterocycles. The van der Waals surface area contributed by atoms with Gasteiger partial charge in [-0.2, -0.15) is 10.2 Å². The quantitative estimate of drug-likeness (QED) is 0.643. The van der Waals surface area contributed by atoms with Crippen molar-refractivity contribution in [2.75, 3.05) is 11.9 Å². The Labute approximate surface area is 110 Å². The summed E-state index contributed by atoms with van der Waals surface area (Å²) in [5.41, 5.74) is 1.51. The van der Waals surface area contributed by atoms with Gasteiger partial charge in [0.15, 0.2) is 0 Å². The molecule has 0 saturated heterocycles. The molecule has 8 heteroatoms. The second kappa shape index (κ2) is 5.09. The molecule has 0 unspecified atom stereocenters. The minimum absolute atomic E-state index is 0.0347. The fraction of sp³-hybridized carbons (Fsp3) is 0.455. The number of hydrogen-bond acceptors (Lipinski definition) is 5. The fourth-order valence-electron chi connectivity index (χ4n) is 2.02. The molecule has 102 valence electrons. The third-order valence-corrected chi connectivity index (χ3v) is 2.97. The zero-order valence-corrected chi connectivity index (χ0v) is 11.1. The lowest BCUT2D eigenvalue weighted by Gasteiger charge is -2.06. The zero-order chi connectivity index (χ0) is 14.0. The van der Waals surface area contributed by atoms with E-state index >= 15 is 0 Å². The van der Waals surface area contributed by atoms with Crippen molar-refractivity contribution in [2.45, 2.75) is 13.3 Å². The van der Waals surface area contributed by atoms with Gasteiger partial charge in [-0.1, -0.05) is 0 Å². The van der Waals surface area contributed by atoms with Crippen LogP contribution in [0.1, 0.15) is 11.4 Å². The number of nitrogens with one attached hydrogen (secondary N) is 1. The van der Waals surface area contributed by atoms with Gasteiger partial charge in [-0.25, -0.2) is 4.68 Å². The number of hydrogen-bond donors (Lipinski definition) is 1. The van der Waals surface area contributed by atoms with E-state index in [1.54, 1.807) is 24.9 Å². The molecule has 0 aliphatic heterocycles. The number of nitro groups is 1. The Morgan fingerprint density at radius 2 is 2.16 bits per heavy atom. The van der Waals surface area contributed by atoms with Crippen LogP contribution in [0.25, 0.3) is 0 Å². The lowest BCUT2D eigenvalue weighted by Crippen LogP contribution is -2.11. The normalized spacial score (nSPS) is 10.7. The van der Waals surface area contributed by atoms with Gasteiger partial charge in [0.25, 0.3) is 0 Å². The smallest absolute Gasteiger partial charge is 0.333 e. The molecule has 0 atom stereocenters. The molecular formula is C11H16N6O2. The summed E-state index contributed by atoms with van der Waals surface area (Å²) in [6.45, 7) is 2.21. The van der Waals surface area contributed by atoms with Gasteiger partial charge in [-0.15, -0.1) is 0 Å². The van der Waals surface area contributed by atoms with Gasteiger partial charge < -0.3 is 5.32 Å². The van der Waals surface area contributed by atoms with E-state index in [1.165, 1.54) is 4.68 Å². The maximum absolute atomic E-state index is 11.0. The standard InChI is InChI=1S/C11H16N6O2/c1-8-10(17(18)19)11(16(3)14-8)12-6-4-9-5-7-13-15(9)2/h5,7,12H,4,6H2,1-3H3. The van der Waals surface area contributed by atoms with Crippen LogP contribution in [0.15, 0.2) is 12.3 Å². The summed E-state index contributed by atoms with van der Waals surface area (Å²) in [5.74, 6) is 0.435. The lowest BCUT2D eigenvalue weighted by atomic mass is 10.3. The van der Waals surface area contributed by atoms with Crippen LogP contribution in [0, 0.1) is 17.0 Å². The van der Waals surface area contributed by atoms with E-state index < -0.39 is 4.92 Å². The maximum Gasteiger partial charge on any atom is 0.333 e. The van der Waals surface area contributed by atoms with E-state index in [4.69, 9.17) is 0 Å². The third kappa shape index (κ3) is 2.56. The van der Waals surface area contributed by atoms with Gasteiger partial charge in [0.1, 0.15) is 5.69 Å². The molecular weight excluding hydrogens is 248 g/mol. The SMILES string of the molecule is Cc1nn(C)c(NCCc2ccnn2C)c1[N+](=O)[O-]. The predicted molar refractivity (Wildman–Crippen MR) is 70.0 cm³/mol. The van der Waals surface area contributed by atoms with Gasteiger partial charge in [-0.05, 0) is 13.0 Å². The van der Waals surface area contributed by atoms with E-state index in [9.17, 15) is 10.1 Å². The molecule has 0 radical (unpaired) electrons. The van der Waals surface area contributed by atoms with Crippen LogP contribution >= 0.6 is 0 Å². The van der Waals surface area contributed by atoms with Crippen molar-refractivity contribution in [3.63, 3.8) is 0 Å². The summed E-state index contributed by atoms with van der Waals surface area (Å²) in [6, 6.07) is 1.92. The van der Waals surface area contributed by atoms with Crippen LogP contribution in [-0.2, 0) is 20.5 Å². The van der Waals surface area contributed by atoms with Crippen molar-refractivity contribution in [1.82, 2.24) is 19.6 Å². The molecule has 8 nitrogen and oxygen atoms in total. The second-order valence-corrected chi connectivity index (χ2v) is 4.29. The van der Waals surface area contributed by atoms with Crippen molar-refractivity contribution in [3.05, 3.63) is 33.8 Å². The Morgan fingerprint density at radius 1 is 1.42 bits per heavy atom. The first-order valence-electron chi connectivity index (χ1n) is 5.89. The van der Waals surface area contributed by atoms with Gasteiger partial charge in [0.2, 0.25) is 5.82 Å². The van der Waals surface area contributed by atoms with Gasteiger partial charge in [0, 0.05) is 39.0 Å². The van der Waals surface area contributed by atoms with Crippen LogP contribution in [-0.4, -0.2) is 31.0 Å². The first-order chi connectivity index (χ1) is 9.00. The van der Waals surface area contributed by atoms with Crippen molar-refractivity contribution in [1.29, 1.82) is 0 Å². The van der Waals surface area contributed by atoms with E-state index in [0.717, 1.165) is 12.1 Å². The molecule has 2 aromatic rings. The summed E-state index contributed by atoms with van der Waals surface area (Å²) in [4.78, 5) is 10.6. The highest BCUT2D eigenvalue weighted by Crippen LogP contribution is 2.26. The van der Waals surface area contributed by atoms with E-state index in [2.05, 4.69) is 15.5 Å². The minimum atomic E-state index is -0.408. The van der Waals surface area contributed by atoms with Crippen molar-refractivity contribution in [2.24, 2.45) is 14.1 Å². The number of aromatic nitrogens is 4. The highest BCUT2D eigenvalue weighted by molar-refractivity contribution is 5.59. The largest absolute Gasteiger partial charge is 0.364 e. The van der Waals surface area contributed by atoms with Gasteiger partial charge >= 0.3 is 5.69 Å². The topological polar surface area (TPSA) is 90.8 Å². The highest BCUT2D eigenvalue weighted by atomic mass is 16.6. The Hall–Kier alpha value is -2.38.